The van der Waals surface area contributed by atoms with Gasteiger partial charge in [0.05, 0.1) is 0 Å². The SMILES string of the molecule is CCCNCc1ccccc1Sc1nc(C)c(C)c(C)n1. The maximum Gasteiger partial charge on any atom is 0.192 e. The number of aryl methyl sites for hydroxylation is 2. The fraction of sp³-hybridized carbons (Fsp3) is 0.412. The predicted octanol–water partition coefficient (Wildman–Crippen LogP) is 4.05. The number of nitrogens with one attached hydrogen (secondary N) is 1. The summed E-state index contributed by atoms with van der Waals surface area (Å²) < 4.78 is 0. The van der Waals surface area contributed by atoms with Crippen LogP contribution in [0.15, 0.2) is 34.3 Å². The first-order valence-corrected chi connectivity index (χ1v) is 8.21. The standard InChI is InChI=1S/C17H23N3S/c1-5-10-18-11-15-8-6-7-9-16(15)21-17-19-13(3)12(2)14(4)20-17/h6-9,18H,5,10-11H2,1-4H3. The first-order chi connectivity index (χ1) is 10.1. The summed E-state index contributed by atoms with van der Waals surface area (Å²) in [5.74, 6) is 0. The van der Waals surface area contributed by atoms with Crippen molar-refractivity contribution in [3.05, 3.63) is 46.8 Å². The summed E-state index contributed by atoms with van der Waals surface area (Å²) in [6.45, 7) is 10.3. The molecule has 0 amide bonds. The molecule has 0 aliphatic heterocycles. The van der Waals surface area contributed by atoms with E-state index in [-0.39, 0.29) is 0 Å². The number of hydrogen-bond donors (Lipinski definition) is 1. The second-order valence-corrected chi connectivity index (χ2v) is 6.20. The van der Waals surface area contributed by atoms with Crippen LogP contribution >= 0.6 is 11.8 Å². The van der Waals surface area contributed by atoms with Crippen LogP contribution in [0.2, 0.25) is 0 Å². The van der Waals surface area contributed by atoms with Gasteiger partial charge in [0.2, 0.25) is 0 Å². The Bertz CT molecular complexity index is 588. The number of rotatable bonds is 6. The highest BCUT2D eigenvalue weighted by Crippen LogP contribution is 2.28. The number of benzene rings is 1. The van der Waals surface area contributed by atoms with Crippen LogP contribution < -0.4 is 5.32 Å². The summed E-state index contributed by atoms with van der Waals surface area (Å²) in [7, 11) is 0. The van der Waals surface area contributed by atoms with E-state index in [1.165, 1.54) is 16.0 Å². The Labute approximate surface area is 131 Å². The van der Waals surface area contributed by atoms with E-state index in [0.29, 0.717) is 0 Å². The highest BCUT2D eigenvalue weighted by atomic mass is 32.2. The lowest BCUT2D eigenvalue weighted by molar-refractivity contribution is 0.669. The summed E-state index contributed by atoms with van der Waals surface area (Å²) in [5.41, 5.74) is 4.60. The van der Waals surface area contributed by atoms with Crippen LogP contribution in [-0.2, 0) is 6.54 Å². The molecule has 0 unspecified atom stereocenters. The molecule has 1 heterocycles. The van der Waals surface area contributed by atoms with Gasteiger partial charge in [0, 0.05) is 22.8 Å². The molecular weight excluding hydrogens is 278 g/mol. The quantitative estimate of drug-likeness (QED) is 0.645. The van der Waals surface area contributed by atoms with Crippen molar-refractivity contribution < 1.29 is 0 Å². The van der Waals surface area contributed by atoms with Crippen molar-refractivity contribution in [1.29, 1.82) is 0 Å². The molecule has 1 N–H and O–H groups in total. The molecule has 0 aliphatic carbocycles. The molecule has 1 aromatic carbocycles. The van der Waals surface area contributed by atoms with Crippen LogP contribution in [0.4, 0.5) is 0 Å². The fourth-order valence-corrected chi connectivity index (χ4v) is 3.01. The minimum Gasteiger partial charge on any atom is -0.313 e. The van der Waals surface area contributed by atoms with Crippen molar-refractivity contribution in [2.45, 2.75) is 50.7 Å². The summed E-state index contributed by atoms with van der Waals surface area (Å²) in [4.78, 5) is 10.4. The molecule has 0 spiro atoms. The van der Waals surface area contributed by atoms with Crippen molar-refractivity contribution in [3.8, 4) is 0 Å². The minimum absolute atomic E-state index is 0.832. The third-order valence-electron chi connectivity index (χ3n) is 3.53. The summed E-state index contributed by atoms with van der Waals surface area (Å²) in [6.07, 6.45) is 1.15. The monoisotopic (exact) mass is 301 g/mol. The largest absolute Gasteiger partial charge is 0.313 e. The molecule has 0 bridgehead atoms. The summed E-state index contributed by atoms with van der Waals surface area (Å²) in [6, 6.07) is 8.46. The summed E-state index contributed by atoms with van der Waals surface area (Å²) in [5, 5.41) is 4.29. The van der Waals surface area contributed by atoms with Crippen LogP contribution in [0, 0.1) is 20.8 Å². The number of nitrogens with zero attached hydrogens (tertiary/aromatic N) is 2. The van der Waals surface area contributed by atoms with E-state index in [4.69, 9.17) is 0 Å². The van der Waals surface area contributed by atoms with Gasteiger partial charge >= 0.3 is 0 Å². The van der Waals surface area contributed by atoms with Crippen LogP contribution in [0.5, 0.6) is 0 Å². The molecule has 112 valence electrons. The molecule has 0 saturated heterocycles. The molecule has 3 nitrogen and oxygen atoms in total. The van der Waals surface area contributed by atoms with E-state index >= 15 is 0 Å². The highest BCUT2D eigenvalue weighted by Gasteiger charge is 2.09. The topological polar surface area (TPSA) is 37.8 Å². The maximum absolute atomic E-state index is 4.60. The molecule has 4 heteroatoms. The van der Waals surface area contributed by atoms with Crippen LogP contribution in [0.1, 0.15) is 35.9 Å². The zero-order chi connectivity index (χ0) is 15.2. The Morgan fingerprint density at radius 3 is 2.38 bits per heavy atom. The zero-order valence-corrected chi connectivity index (χ0v) is 14.0. The Morgan fingerprint density at radius 2 is 1.71 bits per heavy atom. The van der Waals surface area contributed by atoms with Gasteiger partial charge in [0.15, 0.2) is 5.16 Å². The number of hydrogen-bond acceptors (Lipinski definition) is 4. The van der Waals surface area contributed by atoms with E-state index in [0.717, 1.165) is 36.1 Å². The van der Waals surface area contributed by atoms with Gasteiger partial charge in [-0.1, -0.05) is 25.1 Å². The Hall–Kier alpha value is -1.39. The van der Waals surface area contributed by atoms with Crippen molar-refractivity contribution in [2.24, 2.45) is 0 Å². The smallest absolute Gasteiger partial charge is 0.192 e. The zero-order valence-electron chi connectivity index (χ0n) is 13.2. The summed E-state index contributed by atoms with van der Waals surface area (Å²) >= 11 is 1.65. The van der Waals surface area contributed by atoms with Crippen molar-refractivity contribution in [3.63, 3.8) is 0 Å². The normalized spacial score (nSPS) is 10.9. The molecule has 0 fully saturated rings. The minimum atomic E-state index is 0.832. The molecule has 21 heavy (non-hydrogen) atoms. The lowest BCUT2D eigenvalue weighted by Gasteiger charge is -2.11. The van der Waals surface area contributed by atoms with Gasteiger partial charge in [-0.15, -0.1) is 0 Å². The van der Waals surface area contributed by atoms with Gasteiger partial charge in [-0.2, -0.15) is 0 Å². The van der Waals surface area contributed by atoms with E-state index in [2.05, 4.69) is 53.4 Å². The van der Waals surface area contributed by atoms with Crippen molar-refractivity contribution in [1.82, 2.24) is 15.3 Å². The van der Waals surface area contributed by atoms with Crippen LogP contribution in [-0.4, -0.2) is 16.5 Å². The molecule has 0 aliphatic rings. The fourth-order valence-electron chi connectivity index (χ4n) is 2.03. The second kappa shape index (κ2) is 7.57. The molecule has 2 rings (SSSR count). The average Bonchev–Trinajstić information content (AvgIpc) is 2.47. The first kappa shape index (κ1) is 16.0. The molecule has 0 saturated carbocycles. The molecule has 0 radical (unpaired) electrons. The van der Waals surface area contributed by atoms with Gasteiger partial charge in [-0.3, -0.25) is 0 Å². The van der Waals surface area contributed by atoms with Gasteiger partial charge in [0.1, 0.15) is 0 Å². The lowest BCUT2D eigenvalue weighted by Crippen LogP contribution is -2.14. The predicted molar refractivity (Wildman–Crippen MR) is 88.8 cm³/mol. The van der Waals surface area contributed by atoms with Gasteiger partial charge < -0.3 is 5.32 Å². The molecular formula is C17H23N3S. The third-order valence-corrected chi connectivity index (χ3v) is 4.51. The third kappa shape index (κ3) is 4.29. The van der Waals surface area contributed by atoms with E-state index in [1.54, 1.807) is 11.8 Å². The highest BCUT2D eigenvalue weighted by molar-refractivity contribution is 7.99. The maximum atomic E-state index is 4.60. The van der Waals surface area contributed by atoms with Crippen molar-refractivity contribution >= 4 is 11.8 Å². The van der Waals surface area contributed by atoms with Gasteiger partial charge in [-0.05, 0) is 62.7 Å². The Morgan fingerprint density at radius 1 is 1.05 bits per heavy atom. The van der Waals surface area contributed by atoms with E-state index < -0.39 is 0 Å². The van der Waals surface area contributed by atoms with Gasteiger partial charge in [0.25, 0.3) is 0 Å². The Balaban J connectivity index is 2.19. The van der Waals surface area contributed by atoms with Gasteiger partial charge in [-0.25, -0.2) is 9.97 Å². The van der Waals surface area contributed by atoms with Crippen molar-refractivity contribution in [2.75, 3.05) is 6.54 Å². The molecule has 2 aromatic rings. The molecule has 0 atom stereocenters. The molecule has 1 aromatic heterocycles. The van der Waals surface area contributed by atoms with Crippen LogP contribution in [0.3, 0.4) is 0 Å². The van der Waals surface area contributed by atoms with Crippen LogP contribution in [0.25, 0.3) is 0 Å². The number of aromatic nitrogens is 2. The van der Waals surface area contributed by atoms with E-state index in [1.807, 2.05) is 13.8 Å². The second-order valence-electron chi connectivity index (χ2n) is 5.19. The average molecular weight is 301 g/mol. The Kier molecular flexibility index (Phi) is 5.76. The lowest BCUT2D eigenvalue weighted by atomic mass is 10.2. The van der Waals surface area contributed by atoms with E-state index in [9.17, 15) is 0 Å². The first-order valence-electron chi connectivity index (χ1n) is 7.40.